The average molecular weight is 286 g/mol. The van der Waals surface area contributed by atoms with Crippen LogP contribution >= 0.6 is 15.9 Å². The summed E-state index contributed by atoms with van der Waals surface area (Å²) in [5, 5.41) is 3.05. The zero-order chi connectivity index (χ0) is 12.0. The van der Waals surface area contributed by atoms with Crippen molar-refractivity contribution in [1.29, 1.82) is 0 Å². The largest absolute Gasteiger partial charge is 0.491 e. The fourth-order valence-corrected chi connectivity index (χ4v) is 1.27. The first-order chi connectivity index (χ1) is 7.65. The molecule has 0 aliphatic rings. The van der Waals surface area contributed by atoms with Crippen molar-refractivity contribution in [2.24, 2.45) is 0 Å². The van der Waals surface area contributed by atoms with Crippen LogP contribution in [-0.4, -0.2) is 17.3 Å². The van der Waals surface area contributed by atoms with Crippen molar-refractivity contribution in [3.63, 3.8) is 0 Å². The molecule has 0 bridgehead atoms. The van der Waals surface area contributed by atoms with E-state index in [0.717, 1.165) is 17.9 Å². The van der Waals surface area contributed by atoms with Gasteiger partial charge in [0, 0.05) is 5.69 Å². The maximum atomic E-state index is 11.1. The Morgan fingerprint density at radius 2 is 2.06 bits per heavy atom. The lowest BCUT2D eigenvalue weighted by atomic mass is 10.3. The smallest absolute Gasteiger partial charge is 0.235 e. The van der Waals surface area contributed by atoms with Crippen LogP contribution < -0.4 is 10.1 Å². The zero-order valence-electron chi connectivity index (χ0n) is 9.50. The van der Waals surface area contributed by atoms with Crippen LogP contribution in [-0.2, 0) is 4.79 Å². The van der Waals surface area contributed by atoms with Gasteiger partial charge in [-0.1, -0.05) is 22.9 Å². The van der Waals surface area contributed by atoms with Gasteiger partial charge in [0.25, 0.3) is 0 Å². The molecule has 0 spiro atoms. The number of nitrogens with one attached hydrogen (secondary N) is 1. The Labute approximate surface area is 104 Å². The minimum absolute atomic E-state index is 0.0596. The van der Waals surface area contributed by atoms with Crippen molar-refractivity contribution in [3.05, 3.63) is 24.3 Å². The Morgan fingerprint density at radius 1 is 1.44 bits per heavy atom. The molecule has 1 N–H and O–H groups in total. The van der Waals surface area contributed by atoms with Crippen LogP contribution in [0.3, 0.4) is 0 Å². The Kier molecular flexibility index (Phi) is 5.32. The van der Waals surface area contributed by atoms with E-state index in [9.17, 15) is 4.79 Å². The van der Waals surface area contributed by atoms with E-state index in [0.29, 0.717) is 5.33 Å². The highest BCUT2D eigenvalue weighted by atomic mass is 79.9. The number of rotatable bonds is 5. The van der Waals surface area contributed by atoms with Gasteiger partial charge in [-0.15, -0.1) is 0 Å². The molecule has 0 aliphatic carbocycles. The number of carbonyl (C=O) groups excluding carboxylic acids is 1. The lowest BCUT2D eigenvalue weighted by Crippen LogP contribution is -2.12. The molecular formula is C12H16BrNO2. The Balaban J connectivity index is 2.57. The zero-order valence-corrected chi connectivity index (χ0v) is 11.1. The highest BCUT2D eigenvalue weighted by Gasteiger charge is 2.02. The maximum Gasteiger partial charge on any atom is 0.235 e. The van der Waals surface area contributed by atoms with E-state index in [2.05, 4.69) is 28.2 Å². The molecule has 0 unspecified atom stereocenters. The number of halogens is 1. The van der Waals surface area contributed by atoms with Gasteiger partial charge in [-0.05, 0) is 37.6 Å². The van der Waals surface area contributed by atoms with Crippen molar-refractivity contribution >= 4 is 27.5 Å². The van der Waals surface area contributed by atoms with Crippen LogP contribution in [0.5, 0.6) is 5.75 Å². The third kappa shape index (κ3) is 4.23. The molecule has 1 amide bonds. The molecule has 0 saturated heterocycles. The number of amides is 1. The summed E-state index contributed by atoms with van der Waals surface area (Å²) in [7, 11) is 0. The summed E-state index contributed by atoms with van der Waals surface area (Å²) in [6, 6.07) is 7.38. The number of anilines is 1. The lowest BCUT2D eigenvalue weighted by Gasteiger charge is -2.12. The number of ether oxygens (including phenoxy) is 1. The predicted molar refractivity (Wildman–Crippen MR) is 69.2 cm³/mol. The molecule has 0 aromatic heterocycles. The van der Waals surface area contributed by atoms with E-state index in [4.69, 9.17) is 4.74 Å². The summed E-state index contributed by atoms with van der Waals surface area (Å²) >= 11 is 3.09. The van der Waals surface area contributed by atoms with Gasteiger partial charge in [-0.3, -0.25) is 4.79 Å². The Hall–Kier alpha value is -1.03. The second-order valence-electron chi connectivity index (χ2n) is 3.54. The molecule has 0 fully saturated rings. The second kappa shape index (κ2) is 6.53. The fourth-order valence-electron chi connectivity index (χ4n) is 1.13. The molecule has 16 heavy (non-hydrogen) atoms. The number of hydrogen-bond acceptors (Lipinski definition) is 2. The second-order valence-corrected chi connectivity index (χ2v) is 4.10. The molecule has 0 heterocycles. The molecule has 88 valence electrons. The van der Waals surface area contributed by atoms with E-state index < -0.39 is 0 Å². The van der Waals surface area contributed by atoms with Gasteiger partial charge in [0.2, 0.25) is 5.91 Å². The molecule has 1 atom stereocenters. The van der Waals surface area contributed by atoms with Gasteiger partial charge in [0.1, 0.15) is 5.75 Å². The minimum Gasteiger partial charge on any atom is -0.491 e. The first-order valence-electron chi connectivity index (χ1n) is 5.28. The van der Waals surface area contributed by atoms with Crippen molar-refractivity contribution in [2.45, 2.75) is 26.4 Å². The van der Waals surface area contributed by atoms with Crippen LogP contribution in [0.2, 0.25) is 0 Å². The van der Waals surface area contributed by atoms with E-state index in [1.165, 1.54) is 0 Å². The van der Waals surface area contributed by atoms with E-state index in [1.807, 2.05) is 31.2 Å². The third-order valence-electron chi connectivity index (χ3n) is 2.17. The predicted octanol–water partition coefficient (Wildman–Crippen LogP) is 3.20. The van der Waals surface area contributed by atoms with Crippen LogP contribution in [0.15, 0.2) is 24.3 Å². The van der Waals surface area contributed by atoms with Gasteiger partial charge in [-0.25, -0.2) is 0 Å². The SMILES string of the molecule is CC[C@@H](C)Oc1ccc(NC(=O)CBr)cc1. The van der Waals surface area contributed by atoms with E-state index in [1.54, 1.807) is 0 Å². The van der Waals surface area contributed by atoms with Crippen LogP contribution in [0, 0.1) is 0 Å². The highest BCUT2D eigenvalue weighted by Crippen LogP contribution is 2.17. The van der Waals surface area contributed by atoms with Crippen molar-refractivity contribution < 1.29 is 9.53 Å². The Morgan fingerprint density at radius 3 is 2.56 bits per heavy atom. The highest BCUT2D eigenvalue weighted by molar-refractivity contribution is 9.09. The van der Waals surface area contributed by atoms with Crippen LogP contribution in [0.4, 0.5) is 5.69 Å². The molecule has 1 aromatic rings. The standard InChI is InChI=1S/C12H16BrNO2/c1-3-9(2)16-11-6-4-10(5-7-11)14-12(15)8-13/h4-7,9H,3,8H2,1-2H3,(H,14,15)/t9-/m1/s1. The topological polar surface area (TPSA) is 38.3 Å². The van der Waals surface area contributed by atoms with Crippen molar-refractivity contribution in [1.82, 2.24) is 0 Å². The number of benzene rings is 1. The summed E-state index contributed by atoms with van der Waals surface area (Å²) in [6.45, 7) is 4.11. The molecule has 1 rings (SSSR count). The summed E-state index contributed by atoms with van der Waals surface area (Å²) in [5.41, 5.74) is 0.779. The van der Waals surface area contributed by atoms with Crippen molar-refractivity contribution in [3.8, 4) is 5.75 Å². The summed E-state index contributed by atoms with van der Waals surface area (Å²) in [5.74, 6) is 0.766. The summed E-state index contributed by atoms with van der Waals surface area (Å²) in [6.07, 6.45) is 1.19. The van der Waals surface area contributed by atoms with Crippen LogP contribution in [0.1, 0.15) is 20.3 Å². The van der Waals surface area contributed by atoms with E-state index >= 15 is 0 Å². The molecule has 4 heteroatoms. The van der Waals surface area contributed by atoms with Gasteiger partial charge in [0.15, 0.2) is 0 Å². The number of carbonyl (C=O) groups is 1. The number of hydrogen-bond donors (Lipinski definition) is 1. The molecule has 0 saturated carbocycles. The van der Waals surface area contributed by atoms with E-state index in [-0.39, 0.29) is 12.0 Å². The van der Waals surface area contributed by atoms with Crippen LogP contribution in [0.25, 0.3) is 0 Å². The molecule has 0 radical (unpaired) electrons. The monoisotopic (exact) mass is 285 g/mol. The number of alkyl halides is 1. The summed E-state index contributed by atoms with van der Waals surface area (Å²) in [4.78, 5) is 11.1. The first-order valence-corrected chi connectivity index (χ1v) is 6.40. The normalized spacial score (nSPS) is 11.9. The van der Waals surface area contributed by atoms with Gasteiger partial charge >= 0.3 is 0 Å². The maximum absolute atomic E-state index is 11.1. The first kappa shape index (κ1) is 13.0. The molecule has 0 aliphatic heterocycles. The lowest BCUT2D eigenvalue weighted by molar-refractivity contribution is -0.113. The minimum atomic E-state index is -0.0596. The third-order valence-corrected chi connectivity index (χ3v) is 2.68. The van der Waals surface area contributed by atoms with Gasteiger partial charge < -0.3 is 10.1 Å². The molecule has 3 nitrogen and oxygen atoms in total. The van der Waals surface area contributed by atoms with Gasteiger partial charge in [-0.2, -0.15) is 0 Å². The molecule has 1 aromatic carbocycles. The quantitative estimate of drug-likeness (QED) is 0.844. The van der Waals surface area contributed by atoms with Crippen molar-refractivity contribution in [2.75, 3.05) is 10.6 Å². The Bertz CT molecular complexity index is 337. The fraction of sp³-hybridized carbons (Fsp3) is 0.417. The van der Waals surface area contributed by atoms with Gasteiger partial charge in [0.05, 0.1) is 11.4 Å². The average Bonchev–Trinajstić information content (AvgIpc) is 2.31. The molecular weight excluding hydrogens is 270 g/mol. The summed E-state index contributed by atoms with van der Waals surface area (Å²) < 4.78 is 5.63.